The van der Waals surface area contributed by atoms with E-state index in [2.05, 4.69) is 5.32 Å². The third-order valence-electron chi connectivity index (χ3n) is 4.43. The molecule has 1 aliphatic heterocycles. The minimum Gasteiger partial charge on any atom is -0.479 e. The number of amides is 2. The van der Waals surface area contributed by atoms with Gasteiger partial charge in [0, 0.05) is 18.7 Å². The Morgan fingerprint density at radius 1 is 1.16 bits per heavy atom. The number of para-hydroxylation sites is 2. The summed E-state index contributed by atoms with van der Waals surface area (Å²) in [7, 11) is 0. The summed E-state index contributed by atoms with van der Waals surface area (Å²) in [5, 5.41) is 2.89. The van der Waals surface area contributed by atoms with Crippen molar-refractivity contribution in [3.05, 3.63) is 53.6 Å². The number of anilines is 2. The molecule has 1 unspecified atom stereocenters. The topological polar surface area (TPSA) is 58.6 Å². The Kier molecular flexibility index (Phi) is 4.74. The Balaban J connectivity index is 1.67. The molecule has 2 aromatic carbocycles. The van der Waals surface area contributed by atoms with E-state index in [1.54, 1.807) is 11.8 Å². The molecule has 0 aromatic heterocycles. The van der Waals surface area contributed by atoms with Gasteiger partial charge >= 0.3 is 0 Å². The first-order valence-electron chi connectivity index (χ1n) is 8.40. The molecule has 5 nitrogen and oxygen atoms in total. The maximum atomic E-state index is 12.4. The van der Waals surface area contributed by atoms with Gasteiger partial charge in [-0.15, -0.1) is 0 Å². The molecule has 1 N–H and O–H groups in total. The van der Waals surface area contributed by atoms with Gasteiger partial charge in [0.15, 0.2) is 6.10 Å². The lowest BCUT2D eigenvalue weighted by Gasteiger charge is -2.32. The van der Waals surface area contributed by atoms with Crippen molar-refractivity contribution in [3.8, 4) is 5.75 Å². The molecule has 1 heterocycles. The van der Waals surface area contributed by atoms with E-state index in [0.29, 0.717) is 18.0 Å². The number of nitrogens with zero attached hydrogens (tertiary/aromatic N) is 1. The lowest BCUT2D eigenvalue weighted by atomic mass is 10.1. The summed E-state index contributed by atoms with van der Waals surface area (Å²) in [5.74, 6) is 0.425. The highest BCUT2D eigenvalue weighted by atomic mass is 16.5. The van der Waals surface area contributed by atoms with E-state index >= 15 is 0 Å². The van der Waals surface area contributed by atoms with Crippen LogP contribution in [0.5, 0.6) is 5.75 Å². The van der Waals surface area contributed by atoms with Crippen LogP contribution in [0.4, 0.5) is 11.4 Å². The van der Waals surface area contributed by atoms with Crippen LogP contribution in [0, 0.1) is 13.8 Å². The van der Waals surface area contributed by atoms with Gasteiger partial charge in [0.2, 0.25) is 5.91 Å². The Bertz CT molecular complexity index is 816. The van der Waals surface area contributed by atoms with Crippen LogP contribution in [-0.2, 0) is 9.59 Å². The second kappa shape index (κ2) is 6.97. The monoisotopic (exact) mass is 338 g/mol. The van der Waals surface area contributed by atoms with Crippen LogP contribution in [-0.4, -0.2) is 24.5 Å². The van der Waals surface area contributed by atoms with Crippen molar-refractivity contribution in [2.24, 2.45) is 0 Å². The molecule has 2 aromatic rings. The Hall–Kier alpha value is -2.82. The van der Waals surface area contributed by atoms with Crippen molar-refractivity contribution in [1.82, 2.24) is 0 Å². The molecule has 3 rings (SSSR count). The summed E-state index contributed by atoms with van der Waals surface area (Å²) in [4.78, 5) is 26.3. The van der Waals surface area contributed by atoms with Gasteiger partial charge in [-0.2, -0.15) is 0 Å². The summed E-state index contributed by atoms with van der Waals surface area (Å²) in [5.41, 5.74) is 3.80. The maximum Gasteiger partial charge on any atom is 0.267 e. The quantitative estimate of drug-likeness (QED) is 0.929. The first kappa shape index (κ1) is 17.0. The zero-order chi connectivity index (χ0) is 18.0. The van der Waals surface area contributed by atoms with E-state index in [-0.39, 0.29) is 18.2 Å². The minimum absolute atomic E-state index is 0.118. The fourth-order valence-electron chi connectivity index (χ4n) is 2.85. The summed E-state index contributed by atoms with van der Waals surface area (Å²) in [6, 6.07) is 13.2. The summed E-state index contributed by atoms with van der Waals surface area (Å²) in [6.45, 7) is 6.08. The number of ether oxygens (including phenoxy) is 1. The molecule has 25 heavy (non-hydrogen) atoms. The van der Waals surface area contributed by atoms with Gasteiger partial charge in [-0.05, 0) is 56.2 Å². The Labute approximate surface area is 147 Å². The number of nitrogens with one attached hydrogen (secondary N) is 1. The summed E-state index contributed by atoms with van der Waals surface area (Å²) in [6.07, 6.45) is -0.322. The molecule has 0 radical (unpaired) electrons. The number of hydrogen-bond acceptors (Lipinski definition) is 3. The van der Waals surface area contributed by atoms with E-state index in [4.69, 9.17) is 4.74 Å². The highest BCUT2D eigenvalue weighted by Gasteiger charge is 2.31. The lowest BCUT2D eigenvalue weighted by molar-refractivity contribution is -0.125. The fraction of sp³-hybridized carbons (Fsp3) is 0.300. The number of aryl methyl sites for hydroxylation is 2. The number of carbonyl (C=O) groups excluding carboxylic acids is 2. The fourth-order valence-corrected chi connectivity index (χ4v) is 2.85. The molecule has 5 heteroatoms. The van der Waals surface area contributed by atoms with Gasteiger partial charge in [-0.3, -0.25) is 9.59 Å². The molecule has 0 bridgehead atoms. The predicted molar refractivity (Wildman–Crippen MR) is 98.0 cm³/mol. The molecular weight excluding hydrogens is 316 g/mol. The third kappa shape index (κ3) is 3.65. The third-order valence-corrected chi connectivity index (χ3v) is 4.43. The smallest absolute Gasteiger partial charge is 0.267 e. The van der Waals surface area contributed by atoms with E-state index in [1.807, 2.05) is 56.3 Å². The van der Waals surface area contributed by atoms with Crippen molar-refractivity contribution in [1.29, 1.82) is 0 Å². The molecule has 1 aliphatic rings. The molecule has 0 fully saturated rings. The van der Waals surface area contributed by atoms with Gasteiger partial charge in [-0.1, -0.05) is 18.2 Å². The van der Waals surface area contributed by atoms with Crippen LogP contribution >= 0.6 is 0 Å². The van der Waals surface area contributed by atoms with Gasteiger partial charge in [0.1, 0.15) is 5.75 Å². The van der Waals surface area contributed by atoms with E-state index < -0.39 is 6.10 Å². The van der Waals surface area contributed by atoms with Gasteiger partial charge in [0.05, 0.1) is 5.69 Å². The van der Waals surface area contributed by atoms with E-state index in [1.165, 1.54) is 5.56 Å². The second-order valence-electron chi connectivity index (χ2n) is 6.31. The minimum atomic E-state index is -0.544. The van der Waals surface area contributed by atoms with E-state index in [9.17, 15) is 9.59 Å². The molecule has 1 atom stereocenters. The number of carbonyl (C=O) groups is 2. The molecule has 0 aliphatic carbocycles. The highest BCUT2D eigenvalue weighted by molar-refractivity contribution is 6.00. The van der Waals surface area contributed by atoms with Crippen LogP contribution < -0.4 is 15.0 Å². The van der Waals surface area contributed by atoms with Crippen molar-refractivity contribution >= 4 is 23.2 Å². The van der Waals surface area contributed by atoms with Gasteiger partial charge in [0.25, 0.3) is 5.91 Å². The first-order chi connectivity index (χ1) is 12.0. The Morgan fingerprint density at radius 2 is 1.92 bits per heavy atom. The van der Waals surface area contributed by atoms with Gasteiger partial charge in [-0.25, -0.2) is 0 Å². The average molecular weight is 338 g/mol. The van der Waals surface area contributed by atoms with Crippen molar-refractivity contribution in [2.45, 2.75) is 33.3 Å². The molecule has 0 saturated heterocycles. The van der Waals surface area contributed by atoms with Gasteiger partial charge < -0.3 is 15.0 Å². The van der Waals surface area contributed by atoms with Crippen LogP contribution in [0.25, 0.3) is 0 Å². The van der Waals surface area contributed by atoms with Crippen molar-refractivity contribution in [3.63, 3.8) is 0 Å². The van der Waals surface area contributed by atoms with Crippen molar-refractivity contribution in [2.75, 3.05) is 16.8 Å². The largest absolute Gasteiger partial charge is 0.479 e. The molecule has 0 spiro atoms. The van der Waals surface area contributed by atoms with Crippen LogP contribution in [0.15, 0.2) is 42.5 Å². The maximum absolute atomic E-state index is 12.4. The summed E-state index contributed by atoms with van der Waals surface area (Å²) >= 11 is 0. The SMILES string of the molecule is Cc1ccc(NC(=O)CCN2C(=O)C(C)Oc3ccccc32)cc1C. The highest BCUT2D eigenvalue weighted by Crippen LogP contribution is 2.33. The number of fused-ring (bicyclic) bond motifs is 1. The number of hydrogen-bond donors (Lipinski definition) is 1. The zero-order valence-electron chi connectivity index (χ0n) is 14.7. The van der Waals surface area contributed by atoms with Crippen molar-refractivity contribution < 1.29 is 14.3 Å². The standard InChI is InChI=1S/C20H22N2O3/c1-13-8-9-16(12-14(13)2)21-19(23)10-11-22-17-6-4-5-7-18(17)25-15(3)20(22)24/h4-9,12,15H,10-11H2,1-3H3,(H,21,23). The molecule has 130 valence electrons. The predicted octanol–water partition coefficient (Wildman–Crippen LogP) is 3.45. The molecular formula is C20H22N2O3. The molecule has 2 amide bonds. The number of rotatable bonds is 4. The lowest BCUT2D eigenvalue weighted by Crippen LogP contribution is -2.45. The van der Waals surface area contributed by atoms with Crippen LogP contribution in [0.3, 0.4) is 0 Å². The normalized spacial score (nSPS) is 16.2. The zero-order valence-corrected chi connectivity index (χ0v) is 14.7. The number of benzene rings is 2. The first-order valence-corrected chi connectivity index (χ1v) is 8.40. The average Bonchev–Trinajstić information content (AvgIpc) is 2.58. The summed E-state index contributed by atoms with van der Waals surface area (Å²) < 4.78 is 5.61. The Morgan fingerprint density at radius 3 is 2.68 bits per heavy atom. The molecule has 0 saturated carbocycles. The van der Waals surface area contributed by atoms with Crippen LogP contribution in [0.2, 0.25) is 0 Å². The van der Waals surface area contributed by atoms with Crippen LogP contribution in [0.1, 0.15) is 24.5 Å². The second-order valence-corrected chi connectivity index (χ2v) is 6.31. The van der Waals surface area contributed by atoms with E-state index in [0.717, 1.165) is 11.3 Å².